The van der Waals surface area contributed by atoms with Crippen molar-refractivity contribution in [1.82, 2.24) is 10.0 Å². The Kier molecular flexibility index (Phi) is 6.20. The smallest absolute Gasteiger partial charge is 0.262 e. The van der Waals surface area contributed by atoms with E-state index in [4.69, 9.17) is 0 Å². The van der Waals surface area contributed by atoms with Crippen molar-refractivity contribution >= 4 is 39.9 Å². The van der Waals surface area contributed by atoms with Gasteiger partial charge in [0.25, 0.3) is 10.0 Å². The molecule has 2 heterocycles. The molecule has 0 spiro atoms. The number of amidine groups is 1. The van der Waals surface area contributed by atoms with Crippen LogP contribution in [0, 0.1) is 0 Å². The van der Waals surface area contributed by atoms with Crippen LogP contribution in [0.25, 0.3) is 0 Å². The largest absolute Gasteiger partial charge is 0.325 e. The average molecular weight is 373 g/mol. The van der Waals surface area contributed by atoms with E-state index in [2.05, 4.69) is 20.3 Å². The number of hydrogen-bond acceptors (Lipinski definition) is 5. The highest BCUT2D eigenvalue weighted by atomic mass is 35.5. The summed E-state index contributed by atoms with van der Waals surface area (Å²) in [7, 11) is -3.67. The summed E-state index contributed by atoms with van der Waals surface area (Å²) >= 11 is 0. The minimum atomic E-state index is -3.67. The number of halogens is 1. The van der Waals surface area contributed by atoms with Crippen LogP contribution in [-0.2, 0) is 14.8 Å². The van der Waals surface area contributed by atoms with Gasteiger partial charge in [-0.1, -0.05) is 6.07 Å². The van der Waals surface area contributed by atoms with Gasteiger partial charge in [-0.25, -0.2) is 8.42 Å². The lowest BCUT2D eigenvalue weighted by Crippen LogP contribution is -2.35. The molecule has 1 aromatic carbocycles. The molecule has 0 radical (unpaired) electrons. The van der Waals surface area contributed by atoms with E-state index < -0.39 is 10.0 Å². The highest BCUT2D eigenvalue weighted by Gasteiger charge is 2.23. The molecule has 3 rings (SSSR count). The van der Waals surface area contributed by atoms with E-state index in [1.165, 1.54) is 12.1 Å². The maximum Gasteiger partial charge on any atom is 0.262 e. The summed E-state index contributed by atoms with van der Waals surface area (Å²) in [5, 5.41) is 5.88. The standard InChI is InChI=1S/C15H20N4O3S.ClH/c20-15(13-6-2-8-16-13)18-11-4-1-5-12(10-11)23(21,22)19-14-7-3-9-17-14;/h1,4-5,10,13,16H,2-3,6-9H2,(H,17,19)(H,18,20);1H. The van der Waals surface area contributed by atoms with Crippen molar-refractivity contribution in [2.24, 2.45) is 4.99 Å². The lowest BCUT2D eigenvalue weighted by atomic mass is 10.2. The zero-order chi connectivity index (χ0) is 16.3. The molecule has 1 fully saturated rings. The molecule has 2 aliphatic rings. The van der Waals surface area contributed by atoms with E-state index >= 15 is 0 Å². The third kappa shape index (κ3) is 4.46. The molecule has 1 unspecified atom stereocenters. The summed E-state index contributed by atoms with van der Waals surface area (Å²) in [6.45, 7) is 1.49. The van der Waals surface area contributed by atoms with Crippen LogP contribution in [0.4, 0.5) is 5.69 Å². The molecule has 3 N–H and O–H groups in total. The third-order valence-electron chi connectivity index (χ3n) is 3.92. The number of nitrogens with zero attached hydrogens (tertiary/aromatic N) is 1. The predicted molar refractivity (Wildman–Crippen MR) is 95.2 cm³/mol. The first-order chi connectivity index (χ1) is 11.0. The number of hydrogen-bond donors (Lipinski definition) is 3. The second-order valence-corrected chi connectivity index (χ2v) is 7.39. The predicted octanol–water partition coefficient (Wildman–Crippen LogP) is 1.27. The van der Waals surface area contributed by atoms with Crippen molar-refractivity contribution in [2.75, 3.05) is 18.4 Å². The fraction of sp³-hybridized carbons (Fsp3) is 0.467. The summed E-state index contributed by atoms with van der Waals surface area (Å²) in [6, 6.07) is 6.05. The van der Waals surface area contributed by atoms with Crippen molar-refractivity contribution in [3.63, 3.8) is 0 Å². The second-order valence-electron chi connectivity index (χ2n) is 5.70. The Morgan fingerprint density at radius 2 is 2.12 bits per heavy atom. The molecule has 2 aliphatic heterocycles. The fourth-order valence-corrected chi connectivity index (χ4v) is 3.85. The molecule has 0 saturated carbocycles. The minimum absolute atomic E-state index is 0. The Hall–Kier alpha value is -1.64. The van der Waals surface area contributed by atoms with Crippen LogP contribution < -0.4 is 15.4 Å². The maximum atomic E-state index is 12.4. The van der Waals surface area contributed by atoms with Crippen LogP contribution in [0.3, 0.4) is 0 Å². The lowest BCUT2D eigenvalue weighted by molar-refractivity contribution is -0.117. The molecule has 0 aliphatic carbocycles. The number of nitrogens with one attached hydrogen (secondary N) is 3. The Balaban J connectivity index is 0.00000208. The molecule has 24 heavy (non-hydrogen) atoms. The number of carbonyl (C=O) groups excluding carboxylic acids is 1. The van der Waals surface area contributed by atoms with E-state index in [0.29, 0.717) is 24.5 Å². The van der Waals surface area contributed by atoms with Gasteiger partial charge in [0.05, 0.1) is 10.9 Å². The third-order valence-corrected chi connectivity index (χ3v) is 5.29. The van der Waals surface area contributed by atoms with E-state index in [1.807, 2.05) is 0 Å². The van der Waals surface area contributed by atoms with E-state index in [9.17, 15) is 13.2 Å². The van der Waals surface area contributed by atoms with Gasteiger partial charge < -0.3 is 10.6 Å². The minimum Gasteiger partial charge on any atom is -0.325 e. The molecule has 1 amide bonds. The zero-order valence-electron chi connectivity index (χ0n) is 13.1. The number of rotatable bonds is 4. The van der Waals surface area contributed by atoms with Crippen molar-refractivity contribution in [3.8, 4) is 0 Å². The van der Waals surface area contributed by atoms with Crippen LogP contribution in [-0.4, -0.2) is 39.3 Å². The molecule has 9 heteroatoms. The van der Waals surface area contributed by atoms with E-state index in [0.717, 1.165) is 25.8 Å². The molecule has 0 bridgehead atoms. The Bertz CT molecular complexity index is 730. The molecule has 1 saturated heterocycles. The van der Waals surface area contributed by atoms with E-state index in [1.54, 1.807) is 12.1 Å². The highest BCUT2D eigenvalue weighted by Crippen LogP contribution is 2.17. The summed E-state index contributed by atoms with van der Waals surface area (Å²) in [4.78, 5) is 16.3. The first-order valence-electron chi connectivity index (χ1n) is 7.75. The summed E-state index contributed by atoms with van der Waals surface area (Å²) < 4.78 is 27.2. The average Bonchev–Trinajstić information content (AvgIpc) is 3.20. The van der Waals surface area contributed by atoms with Gasteiger partial charge >= 0.3 is 0 Å². The molecule has 1 atom stereocenters. The Morgan fingerprint density at radius 3 is 2.79 bits per heavy atom. The SMILES string of the molecule is Cl.O=C(Nc1cccc(S(=O)(=O)NC2=NCCC2)c1)C1CCCN1. The lowest BCUT2D eigenvalue weighted by Gasteiger charge is -2.12. The van der Waals surface area contributed by atoms with Gasteiger partial charge in [0.15, 0.2) is 0 Å². The van der Waals surface area contributed by atoms with Crippen LogP contribution in [0.15, 0.2) is 34.2 Å². The number of benzene rings is 1. The van der Waals surface area contributed by atoms with Crippen LogP contribution >= 0.6 is 12.4 Å². The highest BCUT2D eigenvalue weighted by molar-refractivity contribution is 7.90. The van der Waals surface area contributed by atoms with Crippen molar-refractivity contribution in [2.45, 2.75) is 36.6 Å². The molecular formula is C15H21ClN4O3S. The molecular weight excluding hydrogens is 352 g/mol. The maximum absolute atomic E-state index is 12.4. The molecule has 0 aromatic heterocycles. The number of amides is 1. The van der Waals surface area contributed by atoms with Gasteiger partial charge in [0.2, 0.25) is 5.91 Å². The van der Waals surface area contributed by atoms with Gasteiger partial charge in [0, 0.05) is 18.7 Å². The Morgan fingerprint density at radius 1 is 1.29 bits per heavy atom. The van der Waals surface area contributed by atoms with Crippen LogP contribution in [0.1, 0.15) is 25.7 Å². The fourth-order valence-electron chi connectivity index (χ4n) is 2.72. The van der Waals surface area contributed by atoms with Crippen LogP contribution in [0.2, 0.25) is 0 Å². The van der Waals surface area contributed by atoms with Crippen LogP contribution in [0.5, 0.6) is 0 Å². The normalized spacial score (nSPS) is 20.2. The zero-order valence-corrected chi connectivity index (χ0v) is 14.8. The number of carbonyl (C=O) groups is 1. The van der Waals surface area contributed by atoms with E-state index in [-0.39, 0.29) is 29.3 Å². The van der Waals surface area contributed by atoms with Gasteiger partial charge in [0.1, 0.15) is 5.84 Å². The Labute approximate surface area is 147 Å². The van der Waals surface area contributed by atoms with Gasteiger partial charge in [-0.3, -0.25) is 14.5 Å². The van der Waals surface area contributed by atoms with Crippen molar-refractivity contribution in [3.05, 3.63) is 24.3 Å². The quantitative estimate of drug-likeness (QED) is 0.741. The van der Waals surface area contributed by atoms with Gasteiger partial charge in [-0.2, -0.15) is 0 Å². The monoisotopic (exact) mass is 372 g/mol. The first-order valence-corrected chi connectivity index (χ1v) is 9.23. The number of anilines is 1. The molecule has 7 nitrogen and oxygen atoms in total. The van der Waals surface area contributed by atoms with Gasteiger partial charge in [-0.05, 0) is 44.0 Å². The second kappa shape index (κ2) is 7.96. The van der Waals surface area contributed by atoms with Gasteiger partial charge in [-0.15, -0.1) is 12.4 Å². The summed E-state index contributed by atoms with van der Waals surface area (Å²) in [5.74, 6) is 0.361. The van der Waals surface area contributed by atoms with Crippen molar-refractivity contribution < 1.29 is 13.2 Å². The molecule has 132 valence electrons. The first kappa shape index (κ1) is 18.7. The summed E-state index contributed by atoms with van der Waals surface area (Å²) in [5.41, 5.74) is 0.472. The number of sulfonamides is 1. The van der Waals surface area contributed by atoms with Crippen molar-refractivity contribution in [1.29, 1.82) is 0 Å². The number of aliphatic imine (C=N–C) groups is 1. The summed E-state index contributed by atoms with van der Waals surface area (Å²) in [6.07, 6.45) is 3.27. The molecule has 1 aromatic rings. The topological polar surface area (TPSA) is 99.7 Å².